The van der Waals surface area contributed by atoms with Crippen molar-refractivity contribution >= 4 is 55.3 Å². The molecule has 0 aliphatic carbocycles. The molecular formula is C84H91ClF8N12O3. The second-order valence-electron chi connectivity index (χ2n) is 30.7. The number of benzene rings is 4. The maximum absolute atomic E-state index is 15.6. The lowest BCUT2D eigenvalue weighted by Crippen LogP contribution is -2.46. The molecule has 4 aromatic carbocycles. The van der Waals surface area contributed by atoms with Crippen LogP contribution in [0.25, 0.3) is 43.7 Å². The van der Waals surface area contributed by atoms with Crippen molar-refractivity contribution in [1.29, 1.82) is 0 Å². The van der Waals surface area contributed by atoms with E-state index in [2.05, 4.69) is 119 Å². The van der Waals surface area contributed by atoms with Gasteiger partial charge in [0.2, 0.25) is 5.60 Å². The van der Waals surface area contributed by atoms with E-state index in [1.54, 1.807) is 68.2 Å². The van der Waals surface area contributed by atoms with Crippen LogP contribution in [0, 0.1) is 12.7 Å². The predicted molar refractivity (Wildman–Crippen MR) is 406 cm³/mol. The normalized spacial score (nSPS) is 17.3. The van der Waals surface area contributed by atoms with Crippen molar-refractivity contribution in [3.05, 3.63) is 260 Å². The van der Waals surface area contributed by atoms with Gasteiger partial charge in [-0.05, 0) is 179 Å². The lowest BCUT2D eigenvalue weighted by atomic mass is 9.82. The van der Waals surface area contributed by atoms with Gasteiger partial charge in [-0.15, -0.1) is 0 Å². The smallest absolute Gasteiger partial charge is 0.392 e. The molecule has 24 heteroatoms. The molecule has 12 aromatic rings. The average Bonchev–Trinajstić information content (AvgIpc) is 1.59. The molecule has 0 spiro atoms. The van der Waals surface area contributed by atoms with E-state index in [1.807, 2.05) is 50.4 Å². The first-order valence-corrected chi connectivity index (χ1v) is 36.7. The van der Waals surface area contributed by atoms with E-state index in [0.29, 0.717) is 55.1 Å². The summed E-state index contributed by atoms with van der Waals surface area (Å²) in [6, 6.07) is 35.5. The molecule has 15 nitrogen and oxygen atoms in total. The summed E-state index contributed by atoms with van der Waals surface area (Å²) in [4.78, 5) is 25.5. The molecule has 8 aromatic heterocycles. The van der Waals surface area contributed by atoms with Crippen molar-refractivity contribution in [3.8, 4) is 0 Å². The van der Waals surface area contributed by atoms with Gasteiger partial charge < -0.3 is 53.2 Å². The molecule has 108 heavy (non-hydrogen) atoms. The molecule has 0 amide bonds. The zero-order valence-corrected chi connectivity index (χ0v) is 63.0. The summed E-state index contributed by atoms with van der Waals surface area (Å²) in [6.45, 7) is 17.8. The quantitative estimate of drug-likeness (QED) is 0.0949. The van der Waals surface area contributed by atoms with Gasteiger partial charge in [0, 0.05) is 198 Å². The number of aliphatic hydroxyl groups excluding tert-OH is 1. The van der Waals surface area contributed by atoms with E-state index in [-0.39, 0.29) is 18.6 Å². The topological polar surface area (TPSA) is 145 Å². The second-order valence-corrected chi connectivity index (χ2v) is 31.2. The predicted octanol–water partition coefficient (Wildman–Crippen LogP) is 15.9. The number of aromatic nitrogens is 8. The number of hydrogen-bond acceptors (Lipinski definition) is 11. The van der Waals surface area contributed by atoms with E-state index >= 15 is 4.39 Å². The number of pyridine rings is 4. The summed E-state index contributed by atoms with van der Waals surface area (Å²) in [5.41, 5.74) is 10.7. The van der Waals surface area contributed by atoms with E-state index < -0.39 is 52.8 Å². The van der Waals surface area contributed by atoms with Crippen LogP contribution in [0.15, 0.2) is 165 Å². The SMILES string of the molecule is CN1CCc2c(c3cc(CO)ccc3n2CC(C)(F)c2cccnc2)C1.CN1CCc2c(c3cc(Cl)ccc3n2CC(O)(c2ccc(F)cc2)C(F)(F)F)C1.CN1Cc2c(n(CCc3ccc(C(F)(F)F)nc3)c3ncccc23)C(C)(C)C1.Cc1ccc2c(c1)c1c(n2CC(C)(O)c2cccnc2)CCN(C)C1. The number of hydrogen-bond donors (Lipinski definition) is 3. The molecule has 0 saturated carbocycles. The maximum Gasteiger partial charge on any atom is 0.433 e. The van der Waals surface area contributed by atoms with E-state index in [9.17, 15) is 46.1 Å². The maximum atomic E-state index is 15.6. The molecule has 568 valence electrons. The molecule has 3 unspecified atom stereocenters. The Kier molecular flexibility index (Phi) is 21.8. The monoisotopic (exact) mass is 1500 g/mol. The highest BCUT2D eigenvalue weighted by molar-refractivity contribution is 6.31. The van der Waals surface area contributed by atoms with Gasteiger partial charge in [-0.2, -0.15) is 26.3 Å². The first kappa shape index (κ1) is 77.3. The molecule has 3 N–H and O–H groups in total. The number of halogens is 9. The Morgan fingerprint density at radius 1 is 0.519 bits per heavy atom. The number of nitrogens with zero attached hydrogens (tertiary/aromatic N) is 12. The van der Waals surface area contributed by atoms with Gasteiger partial charge >= 0.3 is 12.4 Å². The highest BCUT2D eigenvalue weighted by Crippen LogP contribution is 2.45. The lowest BCUT2D eigenvalue weighted by molar-refractivity contribution is -0.271. The van der Waals surface area contributed by atoms with E-state index in [4.69, 9.17) is 11.6 Å². The van der Waals surface area contributed by atoms with E-state index in [0.717, 1.165) is 138 Å². The first-order chi connectivity index (χ1) is 51.2. The van der Waals surface area contributed by atoms with Gasteiger partial charge in [0.05, 0.1) is 26.2 Å². The summed E-state index contributed by atoms with van der Waals surface area (Å²) in [5, 5.41) is 36.4. The van der Waals surface area contributed by atoms with Crippen LogP contribution in [0.4, 0.5) is 35.1 Å². The lowest BCUT2D eigenvalue weighted by Gasteiger charge is -2.37. The minimum Gasteiger partial charge on any atom is -0.392 e. The zero-order valence-electron chi connectivity index (χ0n) is 62.2. The van der Waals surface area contributed by atoms with Gasteiger partial charge in [-0.3, -0.25) is 15.0 Å². The Morgan fingerprint density at radius 3 is 1.60 bits per heavy atom. The average molecular weight is 1500 g/mol. The molecule has 4 aliphatic rings. The minimum absolute atomic E-state index is 0.0161. The standard InChI is InChI=1S/C21H19ClF4N2O.C21H23F3N4.C21H24FN3O.C21H25N3O/c1-27-9-8-19-17(11-27)16-10-14(22)4-7-18(16)28(19)12-20(29,21(24,25)26)13-2-5-15(23)6-3-13;1-20(2)13-27(3)12-16-15-5-4-9-25-19(15)28(18(16)20)10-8-14-6-7-17(26-11-14)21(22,23)24;1-21(22,16-4-3-8-23-11-16)14-25-19-6-5-15(13-26)10-17(19)18-12-24(2)9-7-20(18)25;1-15-6-7-19-17(11-15)18-13-23(3)10-8-20(18)24(19)14-21(2,25)16-5-4-9-22-12-16/h2-7,10,29H,8-9,11-12H2,1H3;4-7,9,11H,8,10,12-13H2,1-3H3;3-6,8,10-11,26H,7,9,12-14H2,1-2H3;4-7,9,11-12,25H,8,10,13-14H2,1-3H3. The summed E-state index contributed by atoms with van der Waals surface area (Å²) < 4.78 is 117. The van der Waals surface area contributed by atoms with Crippen LogP contribution in [0.3, 0.4) is 0 Å². The highest BCUT2D eigenvalue weighted by Gasteiger charge is 2.56. The van der Waals surface area contributed by atoms with Crippen molar-refractivity contribution in [2.45, 2.75) is 154 Å². The fraction of sp³-hybridized carbons (Fsp3) is 0.381. The number of alkyl halides is 7. The Morgan fingerprint density at radius 2 is 1.05 bits per heavy atom. The van der Waals surface area contributed by atoms with Crippen molar-refractivity contribution in [2.75, 3.05) is 54.4 Å². The molecular weight excluding hydrogens is 1410 g/mol. The van der Waals surface area contributed by atoms with Crippen molar-refractivity contribution in [1.82, 2.24) is 57.8 Å². The first-order valence-electron chi connectivity index (χ1n) is 36.4. The van der Waals surface area contributed by atoms with Crippen molar-refractivity contribution in [3.63, 3.8) is 0 Å². The zero-order chi connectivity index (χ0) is 77.0. The van der Waals surface area contributed by atoms with Gasteiger partial charge in [0.25, 0.3) is 0 Å². The molecule has 0 fully saturated rings. The van der Waals surface area contributed by atoms with Crippen molar-refractivity contribution in [2.24, 2.45) is 0 Å². The van der Waals surface area contributed by atoms with E-state index in [1.165, 1.54) is 67.1 Å². The third-order valence-corrected chi connectivity index (χ3v) is 22.0. The number of rotatable bonds is 13. The van der Waals surface area contributed by atoms with Crippen LogP contribution in [-0.4, -0.2) is 134 Å². The fourth-order valence-electron chi connectivity index (χ4n) is 16.4. The van der Waals surface area contributed by atoms with Gasteiger partial charge in [0.1, 0.15) is 22.8 Å². The molecule has 0 bridgehead atoms. The molecule has 0 radical (unpaired) electrons. The molecule has 3 atom stereocenters. The molecule has 12 heterocycles. The third-order valence-electron chi connectivity index (χ3n) is 21.7. The largest absolute Gasteiger partial charge is 0.433 e. The Labute approximate surface area is 628 Å². The van der Waals surface area contributed by atoms with Gasteiger partial charge in [-0.25, -0.2) is 13.8 Å². The highest BCUT2D eigenvalue weighted by atomic mass is 35.5. The molecule has 16 rings (SSSR count). The Bertz CT molecular complexity index is 5210. The number of likely N-dealkylation sites (N-methyl/N-ethyl adjacent to an activating group) is 4. The van der Waals surface area contributed by atoms with Crippen LogP contribution < -0.4 is 0 Å². The van der Waals surface area contributed by atoms with Gasteiger partial charge in [-0.1, -0.05) is 73.5 Å². The minimum atomic E-state index is -4.95. The number of aliphatic hydroxyl groups is 3. The van der Waals surface area contributed by atoms with Crippen LogP contribution in [0.5, 0.6) is 0 Å². The number of fused-ring (bicyclic) bond motifs is 12. The third kappa shape index (κ3) is 15.8. The summed E-state index contributed by atoms with van der Waals surface area (Å²) >= 11 is 6.14. The van der Waals surface area contributed by atoms with Gasteiger partial charge in [0.15, 0.2) is 5.67 Å². The Hall–Kier alpha value is -8.91. The fourth-order valence-corrected chi connectivity index (χ4v) is 16.6. The van der Waals surface area contributed by atoms with Crippen LogP contribution in [-0.2, 0) is 113 Å². The Balaban J connectivity index is 0.000000127. The summed E-state index contributed by atoms with van der Waals surface area (Å²) in [6.07, 6.45) is 3.60. The summed E-state index contributed by atoms with van der Waals surface area (Å²) in [7, 11) is 8.35. The second kappa shape index (κ2) is 30.5. The summed E-state index contributed by atoms with van der Waals surface area (Å²) in [5.74, 6) is -0.667. The van der Waals surface area contributed by atoms with Crippen molar-refractivity contribution < 1.29 is 50.4 Å². The molecule has 0 saturated heterocycles. The van der Waals surface area contributed by atoms with Crippen LogP contribution in [0.1, 0.15) is 112 Å². The number of aryl methyl sites for hydroxylation is 3. The van der Waals surface area contributed by atoms with Crippen LogP contribution in [0.2, 0.25) is 5.02 Å². The van der Waals surface area contributed by atoms with Crippen LogP contribution >= 0.6 is 11.6 Å². The molecule has 4 aliphatic heterocycles.